The Kier molecular flexibility index (Phi) is 10.8. The van der Waals surface area contributed by atoms with E-state index >= 15 is 0 Å². The molecule has 0 aromatic rings. The van der Waals surface area contributed by atoms with Crippen LogP contribution >= 0.6 is 0 Å². The Bertz CT molecular complexity index is 476. The molecule has 33 heavy (non-hydrogen) atoms. The van der Waals surface area contributed by atoms with Crippen LogP contribution in [-0.2, 0) is 44.4 Å². The second-order valence-electron chi connectivity index (χ2n) is 14.4. The molecule has 0 aliphatic heterocycles. The molecule has 0 saturated carbocycles. The SMILES string of the molecule is CC(C)(C)O[Si](OC(C)(C)C)(OC(C)(C)C)[O][Ti]([O]C(C)(C)C)([O]C(C)(C)C)[O]C(C)(C)C. The van der Waals surface area contributed by atoms with Gasteiger partial charge in [-0.2, -0.15) is 0 Å². The van der Waals surface area contributed by atoms with Gasteiger partial charge in [-0.1, -0.05) is 0 Å². The molecule has 0 unspecified atom stereocenters. The molecule has 0 N–H and O–H groups in total. The van der Waals surface area contributed by atoms with Crippen molar-refractivity contribution in [2.24, 2.45) is 0 Å². The predicted molar refractivity (Wildman–Crippen MR) is 132 cm³/mol. The third kappa shape index (κ3) is 16.9. The number of hydrogen-bond donors (Lipinski definition) is 0. The van der Waals surface area contributed by atoms with Crippen molar-refractivity contribution < 1.29 is 44.4 Å². The molecule has 0 rings (SSSR count). The van der Waals surface area contributed by atoms with E-state index in [4.69, 9.17) is 26.2 Å². The van der Waals surface area contributed by atoms with E-state index in [1.807, 2.05) is 125 Å². The van der Waals surface area contributed by atoms with Crippen molar-refractivity contribution in [3.05, 3.63) is 0 Å². The molecule has 0 atom stereocenters. The van der Waals surface area contributed by atoms with Crippen molar-refractivity contribution in [2.45, 2.75) is 158 Å². The number of rotatable bonds is 8. The fourth-order valence-electron chi connectivity index (χ4n) is 2.65. The van der Waals surface area contributed by atoms with Crippen molar-refractivity contribution in [2.75, 3.05) is 0 Å². The van der Waals surface area contributed by atoms with Crippen LogP contribution in [0.3, 0.4) is 0 Å². The summed E-state index contributed by atoms with van der Waals surface area (Å²) in [5.41, 5.74) is -3.70. The van der Waals surface area contributed by atoms with Crippen LogP contribution in [0.2, 0.25) is 0 Å². The van der Waals surface area contributed by atoms with Gasteiger partial charge in [0.2, 0.25) is 0 Å². The van der Waals surface area contributed by atoms with E-state index in [0.717, 1.165) is 0 Å². The minimum absolute atomic E-state index is 0.609. The molecular weight excluding hydrogens is 476 g/mol. The molecule has 0 radical (unpaired) electrons. The Morgan fingerprint density at radius 1 is 0.364 bits per heavy atom. The maximum atomic E-state index is 6.88. The molecule has 0 fully saturated rings. The minimum atomic E-state index is -4.64. The molecule has 0 spiro atoms. The molecule has 0 aliphatic rings. The van der Waals surface area contributed by atoms with E-state index in [-0.39, 0.29) is 0 Å². The zero-order valence-corrected chi connectivity index (χ0v) is 27.4. The molecule has 7 nitrogen and oxygen atoms in total. The van der Waals surface area contributed by atoms with Gasteiger partial charge in [0.1, 0.15) is 0 Å². The Hall–Kier alpha value is 0.651. The molecule has 0 saturated heterocycles. The van der Waals surface area contributed by atoms with Crippen molar-refractivity contribution in [3.8, 4) is 0 Å². The van der Waals surface area contributed by atoms with E-state index in [2.05, 4.69) is 0 Å². The number of hydrogen-bond acceptors (Lipinski definition) is 7. The first-order chi connectivity index (χ1) is 13.9. The monoisotopic (exact) mass is 530 g/mol. The Balaban J connectivity index is 7.07. The molecule has 9 heteroatoms. The van der Waals surface area contributed by atoms with E-state index in [9.17, 15) is 0 Å². The van der Waals surface area contributed by atoms with Crippen LogP contribution in [0.5, 0.6) is 0 Å². The normalized spacial score (nSPS) is 15.8. The molecule has 0 amide bonds. The predicted octanol–water partition coefficient (Wildman–Crippen LogP) is 7.14. The van der Waals surface area contributed by atoms with Gasteiger partial charge in [-0.05, 0) is 0 Å². The first-order valence-corrected chi connectivity index (χ1v) is 16.0. The van der Waals surface area contributed by atoms with E-state index in [1.54, 1.807) is 0 Å². The summed E-state index contributed by atoms with van der Waals surface area (Å²) in [4.78, 5) is 0. The van der Waals surface area contributed by atoms with Gasteiger partial charge in [0, 0.05) is 0 Å². The van der Waals surface area contributed by atoms with Crippen molar-refractivity contribution in [3.63, 3.8) is 0 Å². The van der Waals surface area contributed by atoms with Crippen molar-refractivity contribution >= 4 is 9.05 Å². The van der Waals surface area contributed by atoms with Crippen LogP contribution in [-0.4, -0.2) is 42.7 Å². The van der Waals surface area contributed by atoms with Crippen LogP contribution in [0.15, 0.2) is 0 Å². The zero-order chi connectivity index (χ0) is 26.9. The second-order valence-corrected chi connectivity index (χ2v) is 19.7. The first kappa shape index (κ1) is 33.7. The van der Waals surface area contributed by atoms with Crippen LogP contribution in [0.1, 0.15) is 125 Å². The van der Waals surface area contributed by atoms with Gasteiger partial charge >= 0.3 is 212 Å². The topological polar surface area (TPSA) is 64.6 Å². The molecule has 0 aliphatic carbocycles. The van der Waals surface area contributed by atoms with Gasteiger partial charge in [-0.15, -0.1) is 0 Å². The molecule has 0 aromatic heterocycles. The summed E-state index contributed by atoms with van der Waals surface area (Å²) >= 11 is -4.64. The summed E-state index contributed by atoms with van der Waals surface area (Å²) in [5, 5.41) is 0. The Morgan fingerprint density at radius 2 is 0.576 bits per heavy atom. The fraction of sp³-hybridized carbons (Fsp3) is 1.00. The molecule has 200 valence electrons. The van der Waals surface area contributed by atoms with Gasteiger partial charge in [0.15, 0.2) is 0 Å². The quantitative estimate of drug-likeness (QED) is 0.309. The standard InChI is InChI=1S/C12H27O4Si.3C4H9O.Ti/c1-10(2,3)14-17(13,15-11(4,5)6)16-12(7,8)9;3*1-4(2,3)5;/h1-9H3;3*1-3H3;/q4*-1;+4. The summed E-state index contributed by atoms with van der Waals surface area (Å²) < 4.78 is 46.3. The van der Waals surface area contributed by atoms with Gasteiger partial charge in [0.05, 0.1) is 0 Å². The summed E-state index contributed by atoms with van der Waals surface area (Å²) in [6.07, 6.45) is 0. The van der Waals surface area contributed by atoms with Gasteiger partial charge < -0.3 is 0 Å². The van der Waals surface area contributed by atoms with E-state index in [0.29, 0.717) is 0 Å². The average molecular weight is 531 g/mol. The van der Waals surface area contributed by atoms with Crippen LogP contribution in [0.4, 0.5) is 0 Å². The van der Waals surface area contributed by atoms with Gasteiger partial charge in [-0.3, -0.25) is 0 Å². The fourth-order valence-corrected chi connectivity index (χ4v) is 11.9. The summed E-state index contributed by atoms with van der Waals surface area (Å²) in [7, 11) is -3.93. The van der Waals surface area contributed by atoms with Crippen molar-refractivity contribution in [1.29, 1.82) is 0 Å². The third-order valence-electron chi connectivity index (χ3n) is 2.84. The van der Waals surface area contributed by atoms with Crippen molar-refractivity contribution in [1.82, 2.24) is 0 Å². The van der Waals surface area contributed by atoms with Gasteiger partial charge in [0.25, 0.3) is 0 Å². The van der Waals surface area contributed by atoms with E-state index in [1.165, 1.54) is 0 Å². The molecule has 0 aromatic carbocycles. The summed E-state index contributed by atoms with van der Waals surface area (Å²) in [6.45, 7) is 35.1. The van der Waals surface area contributed by atoms with Crippen LogP contribution < -0.4 is 0 Å². The summed E-state index contributed by atoms with van der Waals surface area (Å²) in [5.74, 6) is 0. The second kappa shape index (κ2) is 10.6. The van der Waals surface area contributed by atoms with E-state index < -0.39 is 60.8 Å². The molecule has 0 heterocycles. The van der Waals surface area contributed by atoms with Gasteiger partial charge in [-0.25, -0.2) is 0 Å². The summed E-state index contributed by atoms with van der Waals surface area (Å²) in [6, 6.07) is 0. The Labute approximate surface area is 211 Å². The third-order valence-corrected chi connectivity index (χ3v) is 12.3. The van der Waals surface area contributed by atoms with Crippen LogP contribution in [0.25, 0.3) is 0 Å². The maximum absolute atomic E-state index is 6.88. The average Bonchev–Trinajstić information content (AvgIpc) is 2.20. The Morgan fingerprint density at radius 3 is 0.727 bits per heavy atom. The zero-order valence-electron chi connectivity index (χ0n) is 24.9. The molecular formula is C24H54O7SiTi. The first-order valence-electron chi connectivity index (χ1n) is 11.9. The molecule has 0 bridgehead atoms. The van der Waals surface area contributed by atoms with Crippen LogP contribution in [0, 0.1) is 0 Å².